The molecule has 0 heterocycles. The summed E-state index contributed by atoms with van der Waals surface area (Å²) < 4.78 is 24.9. The standard InChI is InChI=1S/C18H22N2O4S/c1-2-9-20-18(22)16(12-19)17(21)8-10-25(23,24)15-7-6-13-4-3-5-14(13)11-15/h6-7,11,16H,2-5,8-10H2,1H3,(H,20,22). The monoisotopic (exact) mass is 362 g/mol. The van der Waals surface area contributed by atoms with Gasteiger partial charge in [-0.3, -0.25) is 9.59 Å². The van der Waals surface area contributed by atoms with Crippen molar-refractivity contribution in [3.63, 3.8) is 0 Å². The Morgan fingerprint density at radius 1 is 1.28 bits per heavy atom. The second-order valence-electron chi connectivity index (χ2n) is 6.17. The number of hydrogen-bond acceptors (Lipinski definition) is 5. The molecule has 134 valence electrons. The van der Waals surface area contributed by atoms with Crippen LogP contribution in [-0.4, -0.2) is 32.4 Å². The Morgan fingerprint density at radius 3 is 2.68 bits per heavy atom. The lowest BCUT2D eigenvalue weighted by Crippen LogP contribution is -2.35. The molecular formula is C18H22N2O4S. The van der Waals surface area contributed by atoms with Gasteiger partial charge in [-0.2, -0.15) is 5.26 Å². The van der Waals surface area contributed by atoms with Gasteiger partial charge >= 0.3 is 0 Å². The quantitative estimate of drug-likeness (QED) is 0.707. The van der Waals surface area contributed by atoms with E-state index in [2.05, 4.69) is 5.32 Å². The van der Waals surface area contributed by atoms with E-state index >= 15 is 0 Å². The Bertz CT molecular complexity index is 809. The molecule has 0 spiro atoms. The first-order valence-corrected chi connectivity index (χ1v) is 10.1. The molecule has 1 aliphatic rings. The van der Waals surface area contributed by atoms with Crippen LogP contribution in [0.1, 0.15) is 37.3 Å². The number of carbonyl (C=O) groups excluding carboxylic acids is 2. The summed E-state index contributed by atoms with van der Waals surface area (Å²) >= 11 is 0. The molecule has 1 aromatic carbocycles. The van der Waals surface area contributed by atoms with Crippen LogP contribution in [0.4, 0.5) is 0 Å². The number of Topliss-reactive ketones (excluding diaryl/α,β-unsaturated/α-hetero) is 1. The van der Waals surface area contributed by atoms with Gasteiger partial charge in [0.05, 0.1) is 16.7 Å². The fourth-order valence-corrected chi connectivity index (χ4v) is 4.17. The number of nitrogens with one attached hydrogen (secondary N) is 1. The molecule has 7 heteroatoms. The second kappa shape index (κ2) is 8.26. The van der Waals surface area contributed by atoms with Crippen LogP contribution in [0.25, 0.3) is 0 Å². The highest BCUT2D eigenvalue weighted by Crippen LogP contribution is 2.25. The lowest BCUT2D eigenvalue weighted by Gasteiger charge is -2.10. The molecule has 0 bridgehead atoms. The highest BCUT2D eigenvalue weighted by atomic mass is 32.2. The number of fused-ring (bicyclic) bond motifs is 1. The summed E-state index contributed by atoms with van der Waals surface area (Å²) in [6.45, 7) is 2.23. The normalized spacial score (nSPS) is 14.4. The summed E-state index contributed by atoms with van der Waals surface area (Å²) in [4.78, 5) is 24.1. The molecule has 0 saturated heterocycles. The molecule has 0 fully saturated rings. The van der Waals surface area contributed by atoms with Crippen molar-refractivity contribution in [2.75, 3.05) is 12.3 Å². The maximum absolute atomic E-state index is 12.5. The van der Waals surface area contributed by atoms with E-state index in [0.29, 0.717) is 13.0 Å². The molecule has 0 aliphatic heterocycles. The van der Waals surface area contributed by atoms with Crippen molar-refractivity contribution >= 4 is 21.5 Å². The van der Waals surface area contributed by atoms with Crippen LogP contribution in [0.2, 0.25) is 0 Å². The third kappa shape index (κ3) is 4.67. The van der Waals surface area contributed by atoms with Crippen LogP contribution < -0.4 is 5.32 Å². The molecule has 0 saturated carbocycles. The molecule has 1 aliphatic carbocycles. The third-order valence-corrected chi connectivity index (χ3v) is 6.02. The number of rotatable bonds is 8. The fraction of sp³-hybridized carbons (Fsp3) is 0.500. The summed E-state index contributed by atoms with van der Waals surface area (Å²) in [5, 5.41) is 11.5. The molecule has 0 radical (unpaired) electrons. The summed E-state index contributed by atoms with van der Waals surface area (Å²) in [5.41, 5.74) is 2.22. The Balaban J connectivity index is 2.02. The van der Waals surface area contributed by atoms with Gasteiger partial charge in [0.15, 0.2) is 21.5 Å². The van der Waals surface area contributed by atoms with Crippen LogP contribution in [0.3, 0.4) is 0 Å². The minimum Gasteiger partial charge on any atom is -0.355 e. The number of nitrogens with zero attached hydrogens (tertiary/aromatic N) is 1. The molecule has 1 amide bonds. The smallest absolute Gasteiger partial charge is 0.244 e. The maximum Gasteiger partial charge on any atom is 0.244 e. The van der Waals surface area contributed by atoms with E-state index < -0.39 is 33.2 Å². The molecule has 2 rings (SSSR count). The zero-order valence-electron chi connectivity index (χ0n) is 14.2. The Labute approximate surface area is 148 Å². The zero-order chi connectivity index (χ0) is 18.4. The Kier molecular flexibility index (Phi) is 6.32. The van der Waals surface area contributed by atoms with E-state index in [1.165, 1.54) is 5.56 Å². The van der Waals surface area contributed by atoms with Crippen LogP contribution in [0.5, 0.6) is 0 Å². The highest BCUT2D eigenvalue weighted by Gasteiger charge is 2.28. The van der Waals surface area contributed by atoms with Gasteiger partial charge in [0, 0.05) is 13.0 Å². The minimum atomic E-state index is -3.62. The van der Waals surface area contributed by atoms with Gasteiger partial charge in [0.2, 0.25) is 5.91 Å². The van der Waals surface area contributed by atoms with Crippen LogP contribution in [0.15, 0.2) is 23.1 Å². The van der Waals surface area contributed by atoms with Gasteiger partial charge in [-0.15, -0.1) is 0 Å². The van der Waals surface area contributed by atoms with Gasteiger partial charge in [0.1, 0.15) is 0 Å². The lowest BCUT2D eigenvalue weighted by molar-refractivity contribution is -0.131. The van der Waals surface area contributed by atoms with Crippen molar-refractivity contribution < 1.29 is 18.0 Å². The van der Waals surface area contributed by atoms with Gasteiger partial charge in [-0.1, -0.05) is 13.0 Å². The minimum absolute atomic E-state index is 0.199. The predicted molar refractivity (Wildman–Crippen MR) is 92.5 cm³/mol. The average molecular weight is 362 g/mol. The maximum atomic E-state index is 12.5. The average Bonchev–Trinajstić information content (AvgIpc) is 3.06. The summed E-state index contributed by atoms with van der Waals surface area (Å²) in [6, 6.07) is 6.74. The van der Waals surface area contributed by atoms with Crippen LogP contribution >= 0.6 is 0 Å². The molecule has 1 aromatic rings. The fourth-order valence-electron chi connectivity index (χ4n) is 2.87. The summed E-state index contributed by atoms with van der Waals surface area (Å²) in [5.74, 6) is -3.18. The van der Waals surface area contributed by atoms with Gasteiger partial charge in [-0.05, 0) is 48.9 Å². The van der Waals surface area contributed by atoms with Crippen LogP contribution in [0, 0.1) is 17.2 Å². The Hall–Kier alpha value is -2.20. The Morgan fingerprint density at radius 2 is 2.00 bits per heavy atom. The van der Waals surface area contributed by atoms with E-state index in [1.54, 1.807) is 18.2 Å². The van der Waals surface area contributed by atoms with Gasteiger partial charge in [-0.25, -0.2) is 8.42 Å². The third-order valence-electron chi connectivity index (χ3n) is 4.31. The first kappa shape index (κ1) is 19.1. The van der Waals surface area contributed by atoms with Crippen molar-refractivity contribution in [1.82, 2.24) is 5.32 Å². The second-order valence-corrected chi connectivity index (χ2v) is 8.28. The van der Waals surface area contributed by atoms with Crippen molar-refractivity contribution in [2.24, 2.45) is 5.92 Å². The van der Waals surface area contributed by atoms with Crippen molar-refractivity contribution in [2.45, 2.75) is 43.9 Å². The van der Waals surface area contributed by atoms with Gasteiger partial charge < -0.3 is 5.32 Å². The molecule has 1 unspecified atom stereocenters. The zero-order valence-corrected chi connectivity index (χ0v) is 15.1. The van der Waals surface area contributed by atoms with Crippen LogP contribution in [-0.2, 0) is 32.3 Å². The highest BCUT2D eigenvalue weighted by molar-refractivity contribution is 7.91. The predicted octanol–water partition coefficient (Wildman–Crippen LogP) is 1.57. The largest absolute Gasteiger partial charge is 0.355 e. The van der Waals surface area contributed by atoms with E-state index in [9.17, 15) is 18.0 Å². The van der Waals surface area contributed by atoms with E-state index in [0.717, 1.165) is 24.8 Å². The molecular weight excluding hydrogens is 340 g/mol. The number of nitriles is 1. The molecule has 1 atom stereocenters. The topological polar surface area (TPSA) is 104 Å². The number of ketones is 1. The molecule has 1 N–H and O–H groups in total. The number of carbonyl (C=O) groups is 2. The van der Waals surface area contributed by atoms with Gasteiger partial charge in [0.25, 0.3) is 0 Å². The SMILES string of the molecule is CCCNC(=O)C(C#N)C(=O)CCS(=O)(=O)c1ccc2c(c1)CCC2. The van der Waals surface area contributed by atoms with E-state index in [-0.39, 0.29) is 11.3 Å². The number of sulfone groups is 1. The lowest BCUT2D eigenvalue weighted by atomic mass is 10.0. The number of aryl methyl sites for hydroxylation is 2. The number of benzene rings is 1. The van der Waals surface area contributed by atoms with Crippen molar-refractivity contribution in [3.8, 4) is 6.07 Å². The molecule has 0 aromatic heterocycles. The number of hydrogen-bond donors (Lipinski definition) is 1. The van der Waals surface area contributed by atoms with E-state index in [4.69, 9.17) is 5.26 Å². The first-order valence-electron chi connectivity index (χ1n) is 8.43. The van der Waals surface area contributed by atoms with E-state index in [1.807, 2.05) is 13.0 Å². The first-order chi connectivity index (χ1) is 11.9. The number of amides is 1. The molecule has 25 heavy (non-hydrogen) atoms. The van der Waals surface area contributed by atoms with Crippen molar-refractivity contribution in [3.05, 3.63) is 29.3 Å². The van der Waals surface area contributed by atoms with Crippen molar-refractivity contribution in [1.29, 1.82) is 5.26 Å². The summed E-state index contributed by atoms with van der Waals surface area (Å²) in [7, 11) is -3.62. The summed E-state index contributed by atoms with van der Waals surface area (Å²) in [6.07, 6.45) is 3.19. The molecule has 6 nitrogen and oxygen atoms in total.